The van der Waals surface area contributed by atoms with Gasteiger partial charge in [-0.05, 0) is 51.5 Å². The molecule has 0 amide bonds. The van der Waals surface area contributed by atoms with E-state index >= 15 is 0 Å². The van der Waals surface area contributed by atoms with E-state index in [-0.39, 0.29) is 6.04 Å². The summed E-state index contributed by atoms with van der Waals surface area (Å²) >= 11 is 0. The Hall–Kier alpha value is -0.130. The van der Waals surface area contributed by atoms with Crippen LogP contribution in [0.3, 0.4) is 0 Å². The first kappa shape index (κ1) is 15.3. The minimum absolute atomic E-state index is 0.248. The van der Waals surface area contributed by atoms with E-state index in [1.807, 2.05) is 0 Å². The Morgan fingerprint density at radius 2 is 1.79 bits per heavy atom. The molecule has 1 saturated carbocycles. The third-order valence-corrected chi connectivity index (χ3v) is 6.40. The molecule has 5 heteroatoms. The molecule has 0 aromatic carbocycles. The van der Waals surface area contributed by atoms with Crippen LogP contribution < -0.4 is 5.73 Å². The van der Waals surface area contributed by atoms with Gasteiger partial charge in [0.05, 0.1) is 11.5 Å². The van der Waals surface area contributed by atoms with Gasteiger partial charge < -0.3 is 5.73 Å². The minimum Gasteiger partial charge on any atom is -0.328 e. The van der Waals surface area contributed by atoms with Crippen molar-refractivity contribution >= 4 is 9.84 Å². The Kier molecular flexibility index (Phi) is 5.26. The van der Waals surface area contributed by atoms with Gasteiger partial charge in [-0.2, -0.15) is 0 Å². The molecule has 1 aliphatic heterocycles. The topological polar surface area (TPSA) is 63.4 Å². The molecular formula is C14H28N2O2S. The second-order valence-electron chi connectivity index (χ2n) is 6.22. The van der Waals surface area contributed by atoms with Crippen molar-refractivity contribution in [1.29, 1.82) is 0 Å². The third-order valence-electron chi connectivity index (χ3n) is 4.60. The first-order valence-electron chi connectivity index (χ1n) is 7.73. The molecule has 0 radical (unpaired) electrons. The maximum atomic E-state index is 11.9. The van der Waals surface area contributed by atoms with Crippen molar-refractivity contribution in [2.45, 2.75) is 70.0 Å². The molecule has 4 nitrogen and oxygen atoms in total. The Morgan fingerprint density at radius 1 is 1.11 bits per heavy atom. The minimum atomic E-state index is -2.81. The zero-order valence-electron chi connectivity index (χ0n) is 12.1. The lowest BCUT2D eigenvalue weighted by Crippen LogP contribution is -2.50. The number of nitrogens with two attached hydrogens (primary N) is 1. The maximum Gasteiger partial charge on any atom is 0.151 e. The Balaban J connectivity index is 2.02. The van der Waals surface area contributed by atoms with E-state index < -0.39 is 9.84 Å². The van der Waals surface area contributed by atoms with Crippen molar-refractivity contribution in [3.63, 3.8) is 0 Å². The first-order valence-corrected chi connectivity index (χ1v) is 9.55. The van der Waals surface area contributed by atoms with E-state index in [1.54, 1.807) is 0 Å². The third kappa shape index (κ3) is 4.17. The van der Waals surface area contributed by atoms with Crippen molar-refractivity contribution in [3.8, 4) is 0 Å². The second-order valence-corrected chi connectivity index (χ2v) is 8.45. The van der Waals surface area contributed by atoms with Crippen LogP contribution in [-0.4, -0.2) is 49.5 Å². The Bertz CT molecular complexity index is 375. The van der Waals surface area contributed by atoms with Crippen molar-refractivity contribution in [2.75, 3.05) is 18.1 Å². The fourth-order valence-electron chi connectivity index (χ4n) is 3.61. The molecular weight excluding hydrogens is 260 g/mol. The van der Waals surface area contributed by atoms with E-state index in [2.05, 4.69) is 11.8 Å². The molecule has 0 bridgehead atoms. The fraction of sp³-hybridized carbons (Fsp3) is 1.00. The molecule has 0 spiro atoms. The fourth-order valence-corrected chi connectivity index (χ4v) is 5.33. The number of rotatable bonds is 4. The SMILES string of the molecule is CCCN(C1CCC(N)CC1)C1CCCS(=O)(=O)C1. The van der Waals surface area contributed by atoms with E-state index in [1.165, 1.54) is 0 Å². The summed E-state index contributed by atoms with van der Waals surface area (Å²) in [4.78, 5) is 2.49. The van der Waals surface area contributed by atoms with Crippen molar-refractivity contribution in [1.82, 2.24) is 4.90 Å². The zero-order valence-corrected chi connectivity index (χ0v) is 12.9. The molecule has 1 unspecified atom stereocenters. The highest BCUT2D eigenvalue weighted by Crippen LogP contribution is 2.27. The largest absolute Gasteiger partial charge is 0.328 e. The predicted molar refractivity (Wildman–Crippen MR) is 78.9 cm³/mol. The summed E-state index contributed by atoms with van der Waals surface area (Å²) in [5, 5.41) is 0. The van der Waals surface area contributed by atoms with Crippen LogP contribution in [0.2, 0.25) is 0 Å². The summed E-state index contributed by atoms with van der Waals surface area (Å²) in [5.74, 6) is 0.758. The molecule has 2 aliphatic rings. The lowest BCUT2D eigenvalue weighted by molar-refractivity contribution is 0.102. The zero-order chi connectivity index (χ0) is 13.9. The van der Waals surface area contributed by atoms with Gasteiger partial charge in [-0.25, -0.2) is 8.42 Å². The van der Waals surface area contributed by atoms with Gasteiger partial charge in [0.1, 0.15) is 0 Å². The smallest absolute Gasteiger partial charge is 0.151 e. The standard InChI is InChI=1S/C14H28N2O2S/c1-2-9-16(13-7-5-12(15)6-8-13)14-4-3-10-19(17,18)11-14/h12-14H,2-11,15H2,1H3. The number of hydrogen-bond acceptors (Lipinski definition) is 4. The van der Waals surface area contributed by atoms with Crippen molar-refractivity contribution < 1.29 is 8.42 Å². The van der Waals surface area contributed by atoms with Crippen LogP contribution in [0, 0.1) is 0 Å². The molecule has 2 rings (SSSR count). The molecule has 2 fully saturated rings. The lowest BCUT2D eigenvalue weighted by atomic mass is 9.89. The summed E-state index contributed by atoms with van der Waals surface area (Å²) in [7, 11) is -2.81. The van der Waals surface area contributed by atoms with Crippen molar-refractivity contribution in [3.05, 3.63) is 0 Å². The Morgan fingerprint density at radius 3 is 2.37 bits per heavy atom. The van der Waals surface area contributed by atoms with Gasteiger partial charge in [0.2, 0.25) is 0 Å². The Labute approximate surface area is 117 Å². The molecule has 0 aromatic rings. The molecule has 1 saturated heterocycles. The van der Waals surface area contributed by atoms with E-state index in [0.29, 0.717) is 23.6 Å². The average Bonchev–Trinajstić information content (AvgIpc) is 2.36. The van der Waals surface area contributed by atoms with Gasteiger partial charge in [-0.15, -0.1) is 0 Å². The van der Waals surface area contributed by atoms with Crippen LogP contribution in [-0.2, 0) is 9.84 Å². The summed E-state index contributed by atoms with van der Waals surface area (Å²) in [5.41, 5.74) is 5.98. The lowest BCUT2D eigenvalue weighted by Gasteiger charge is -2.42. The van der Waals surface area contributed by atoms with Gasteiger partial charge in [0.25, 0.3) is 0 Å². The molecule has 1 atom stereocenters. The normalized spacial score (nSPS) is 35.4. The first-order chi connectivity index (χ1) is 9.02. The maximum absolute atomic E-state index is 11.9. The van der Waals surface area contributed by atoms with Crippen LogP contribution in [0.15, 0.2) is 0 Å². The van der Waals surface area contributed by atoms with Crippen LogP contribution in [0.25, 0.3) is 0 Å². The average molecular weight is 288 g/mol. The van der Waals surface area contributed by atoms with Crippen LogP contribution in [0.1, 0.15) is 51.9 Å². The van der Waals surface area contributed by atoms with Gasteiger partial charge in [-0.3, -0.25) is 4.90 Å². The second kappa shape index (κ2) is 6.55. The van der Waals surface area contributed by atoms with Gasteiger partial charge in [-0.1, -0.05) is 6.92 Å². The van der Waals surface area contributed by atoms with Crippen molar-refractivity contribution in [2.24, 2.45) is 5.73 Å². The van der Waals surface area contributed by atoms with Gasteiger partial charge >= 0.3 is 0 Å². The summed E-state index contributed by atoms with van der Waals surface area (Å²) < 4.78 is 23.7. The summed E-state index contributed by atoms with van der Waals surface area (Å²) in [6.07, 6.45) is 7.42. The summed E-state index contributed by atoms with van der Waals surface area (Å²) in [6, 6.07) is 1.16. The van der Waals surface area contributed by atoms with Gasteiger partial charge in [0.15, 0.2) is 9.84 Å². The number of sulfone groups is 1. The molecule has 1 aliphatic carbocycles. The highest BCUT2D eigenvalue weighted by molar-refractivity contribution is 7.91. The number of hydrogen-bond donors (Lipinski definition) is 1. The quantitative estimate of drug-likeness (QED) is 0.852. The molecule has 112 valence electrons. The highest BCUT2D eigenvalue weighted by Gasteiger charge is 2.33. The molecule has 2 N–H and O–H groups in total. The van der Waals surface area contributed by atoms with Gasteiger partial charge in [0, 0.05) is 18.1 Å². The van der Waals surface area contributed by atoms with Crippen LogP contribution in [0.5, 0.6) is 0 Å². The predicted octanol–water partition coefficient (Wildman–Crippen LogP) is 1.55. The monoisotopic (exact) mass is 288 g/mol. The molecule has 19 heavy (non-hydrogen) atoms. The van der Waals surface area contributed by atoms with E-state index in [9.17, 15) is 8.42 Å². The molecule has 0 aromatic heterocycles. The van der Waals surface area contributed by atoms with E-state index in [4.69, 9.17) is 5.73 Å². The highest BCUT2D eigenvalue weighted by atomic mass is 32.2. The van der Waals surface area contributed by atoms with Crippen LogP contribution >= 0.6 is 0 Å². The van der Waals surface area contributed by atoms with Crippen LogP contribution in [0.4, 0.5) is 0 Å². The summed E-state index contributed by atoms with van der Waals surface area (Å²) in [6.45, 7) is 3.21. The number of nitrogens with zero attached hydrogens (tertiary/aromatic N) is 1. The molecule has 1 heterocycles. The van der Waals surface area contributed by atoms with E-state index in [0.717, 1.165) is 51.5 Å².